The number of fused-ring (bicyclic) bond motifs is 1. The second kappa shape index (κ2) is 11.8. The maximum atomic E-state index is 13.1. The van der Waals surface area contributed by atoms with Crippen LogP contribution in [0, 0.1) is 0 Å². The fourth-order valence-corrected chi connectivity index (χ4v) is 4.88. The molecule has 3 aromatic carbocycles. The topological polar surface area (TPSA) is 88.9 Å². The Kier molecular flexibility index (Phi) is 7.89. The molecule has 38 heavy (non-hydrogen) atoms. The lowest BCUT2D eigenvalue weighted by atomic mass is 10.1. The first-order chi connectivity index (χ1) is 18.6. The summed E-state index contributed by atoms with van der Waals surface area (Å²) in [4.78, 5) is 18.5. The van der Waals surface area contributed by atoms with Crippen LogP contribution in [-0.2, 0) is 19.5 Å². The van der Waals surface area contributed by atoms with Gasteiger partial charge in [0.15, 0.2) is 5.82 Å². The quantitative estimate of drug-likeness (QED) is 0.277. The monoisotopic (exact) mass is 508 g/mol. The summed E-state index contributed by atoms with van der Waals surface area (Å²) in [6, 6.07) is 28.1. The average Bonchev–Trinajstić information content (AvgIpc) is 3.40. The third kappa shape index (κ3) is 5.81. The molecule has 2 aromatic heterocycles. The van der Waals surface area contributed by atoms with Crippen LogP contribution in [0.2, 0.25) is 0 Å². The number of hydrogen-bond acceptors (Lipinski definition) is 6. The first-order valence-corrected chi connectivity index (χ1v) is 12.9. The van der Waals surface area contributed by atoms with Crippen molar-refractivity contribution >= 4 is 10.9 Å². The Morgan fingerprint density at radius 3 is 2.42 bits per heavy atom. The van der Waals surface area contributed by atoms with Crippen molar-refractivity contribution in [2.45, 2.75) is 38.9 Å². The Bertz CT molecular complexity index is 1530. The fourth-order valence-electron chi connectivity index (χ4n) is 4.88. The zero-order chi connectivity index (χ0) is 26.3. The number of benzene rings is 3. The van der Waals surface area contributed by atoms with Crippen LogP contribution in [0.5, 0.6) is 5.75 Å². The van der Waals surface area contributed by atoms with E-state index < -0.39 is 0 Å². The lowest BCUT2D eigenvalue weighted by molar-refractivity contribution is 0.172. The molecule has 5 rings (SSSR count). The molecule has 1 unspecified atom stereocenters. The van der Waals surface area contributed by atoms with Gasteiger partial charge in [-0.3, -0.25) is 9.69 Å². The normalized spacial score (nSPS) is 12.2. The van der Waals surface area contributed by atoms with Crippen molar-refractivity contribution in [2.75, 3.05) is 13.7 Å². The second-order valence-corrected chi connectivity index (χ2v) is 9.39. The summed E-state index contributed by atoms with van der Waals surface area (Å²) < 4.78 is 7.27. The fraction of sp³-hybridized carbons (Fsp3) is 0.267. The van der Waals surface area contributed by atoms with Crippen LogP contribution in [0.15, 0.2) is 89.7 Å². The van der Waals surface area contributed by atoms with Gasteiger partial charge in [-0.1, -0.05) is 67.6 Å². The molecular weight excluding hydrogens is 476 g/mol. The first-order valence-electron chi connectivity index (χ1n) is 12.9. The second-order valence-electron chi connectivity index (χ2n) is 9.39. The van der Waals surface area contributed by atoms with Gasteiger partial charge in [-0.25, -0.2) is 4.68 Å². The van der Waals surface area contributed by atoms with Crippen molar-refractivity contribution in [3.63, 3.8) is 0 Å². The Hall–Kier alpha value is -4.30. The van der Waals surface area contributed by atoms with Gasteiger partial charge in [0.2, 0.25) is 0 Å². The molecule has 1 atom stereocenters. The van der Waals surface area contributed by atoms with E-state index >= 15 is 0 Å². The van der Waals surface area contributed by atoms with Crippen LogP contribution in [0.1, 0.15) is 41.9 Å². The van der Waals surface area contributed by atoms with E-state index in [1.54, 1.807) is 7.11 Å². The Labute approximate surface area is 221 Å². The minimum atomic E-state index is -0.0916. The molecule has 0 aliphatic heterocycles. The lowest BCUT2D eigenvalue weighted by Gasteiger charge is -2.30. The number of aromatic nitrogens is 5. The van der Waals surface area contributed by atoms with Crippen molar-refractivity contribution in [3.05, 3.63) is 118 Å². The summed E-state index contributed by atoms with van der Waals surface area (Å²) >= 11 is 0. The maximum Gasteiger partial charge on any atom is 0.252 e. The maximum absolute atomic E-state index is 13.1. The highest BCUT2D eigenvalue weighted by Gasteiger charge is 2.26. The molecular formula is C30H32N6O2. The molecule has 0 saturated heterocycles. The predicted molar refractivity (Wildman–Crippen MR) is 148 cm³/mol. The average molecular weight is 509 g/mol. The molecule has 0 fully saturated rings. The molecule has 2 heterocycles. The number of methoxy groups -OCH3 is 1. The minimum Gasteiger partial charge on any atom is -0.497 e. The summed E-state index contributed by atoms with van der Waals surface area (Å²) in [5, 5.41) is 13.7. The standard InChI is InChI=1S/C30H32N6O2/c1-3-28(29-32-33-34-36(29)20-23-12-8-5-9-13-23)35(17-16-22-10-6-4-7-11-22)21-25-18-24-19-26(38-2)14-15-27(24)31-30(25)37/h4-15,18-19,28H,3,16-17,20-21H2,1-2H3,(H,31,37). The highest BCUT2D eigenvalue weighted by Crippen LogP contribution is 2.26. The van der Waals surface area contributed by atoms with Crippen molar-refractivity contribution < 1.29 is 4.74 Å². The van der Waals surface area contributed by atoms with Crippen LogP contribution in [0.4, 0.5) is 0 Å². The largest absolute Gasteiger partial charge is 0.497 e. The molecule has 0 aliphatic carbocycles. The number of aromatic amines is 1. The summed E-state index contributed by atoms with van der Waals surface area (Å²) in [5.74, 6) is 1.55. The van der Waals surface area contributed by atoms with Gasteiger partial charge in [0.25, 0.3) is 5.56 Å². The lowest BCUT2D eigenvalue weighted by Crippen LogP contribution is -2.34. The van der Waals surface area contributed by atoms with Gasteiger partial charge >= 0.3 is 0 Å². The molecule has 0 spiro atoms. The molecule has 8 nitrogen and oxygen atoms in total. The van der Waals surface area contributed by atoms with Crippen molar-refractivity contribution in [2.24, 2.45) is 0 Å². The van der Waals surface area contributed by atoms with E-state index in [-0.39, 0.29) is 11.6 Å². The highest BCUT2D eigenvalue weighted by molar-refractivity contribution is 5.80. The third-order valence-electron chi connectivity index (χ3n) is 6.89. The number of pyridine rings is 1. The smallest absolute Gasteiger partial charge is 0.252 e. The number of nitrogens with zero attached hydrogens (tertiary/aromatic N) is 5. The molecule has 0 amide bonds. The Morgan fingerprint density at radius 2 is 1.71 bits per heavy atom. The van der Waals surface area contributed by atoms with Crippen LogP contribution in [-0.4, -0.2) is 43.7 Å². The highest BCUT2D eigenvalue weighted by atomic mass is 16.5. The summed E-state index contributed by atoms with van der Waals surface area (Å²) in [5.41, 5.74) is 3.76. The van der Waals surface area contributed by atoms with Gasteiger partial charge < -0.3 is 9.72 Å². The first kappa shape index (κ1) is 25.4. The number of rotatable bonds is 11. The van der Waals surface area contributed by atoms with E-state index in [4.69, 9.17) is 4.74 Å². The van der Waals surface area contributed by atoms with Crippen molar-refractivity contribution in [1.29, 1.82) is 0 Å². The van der Waals surface area contributed by atoms with E-state index in [2.05, 4.69) is 68.7 Å². The summed E-state index contributed by atoms with van der Waals surface area (Å²) in [6.07, 6.45) is 1.64. The molecule has 8 heteroatoms. The molecule has 194 valence electrons. The van der Waals surface area contributed by atoms with Crippen molar-refractivity contribution in [1.82, 2.24) is 30.1 Å². The number of hydrogen-bond donors (Lipinski definition) is 1. The molecule has 1 N–H and O–H groups in total. The van der Waals surface area contributed by atoms with Gasteiger partial charge in [-0.15, -0.1) is 5.10 Å². The Morgan fingerprint density at radius 1 is 0.974 bits per heavy atom. The van der Waals surface area contributed by atoms with Gasteiger partial charge in [-0.05, 0) is 58.7 Å². The molecule has 5 aromatic rings. The zero-order valence-electron chi connectivity index (χ0n) is 21.7. The van der Waals surface area contributed by atoms with Crippen LogP contribution in [0.25, 0.3) is 10.9 Å². The van der Waals surface area contributed by atoms with Gasteiger partial charge in [0, 0.05) is 29.6 Å². The van der Waals surface area contributed by atoms with Crippen LogP contribution < -0.4 is 10.3 Å². The molecule has 0 saturated carbocycles. The van der Waals surface area contributed by atoms with E-state index in [9.17, 15) is 4.79 Å². The molecule has 0 aliphatic rings. The van der Waals surface area contributed by atoms with Gasteiger partial charge in [0.05, 0.1) is 19.7 Å². The third-order valence-corrected chi connectivity index (χ3v) is 6.89. The number of nitrogens with one attached hydrogen (secondary N) is 1. The molecule has 0 bridgehead atoms. The van der Waals surface area contributed by atoms with Crippen LogP contribution >= 0.6 is 0 Å². The van der Waals surface area contributed by atoms with E-state index in [1.165, 1.54) is 5.56 Å². The minimum absolute atomic E-state index is 0.0715. The summed E-state index contributed by atoms with van der Waals surface area (Å²) in [6.45, 7) is 3.93. The SMILES string of the molecule is CCC(c1nnnn1Cc1ccccc1)N(CCc1ccccc1)Cc1cc2cc(OC)ccc2[nH]c1=O. The Balaban J connectivity index is 1.48. The number of ether oxygens (including phenoxy) is 1. The van der Waals surface area contributed by atoms with Gasteiger partial charge in [0.1, 0.15) is 5.75 Å². The zero-order valence-corrected chi connectivity index (χ0v) is 21.7. The number of tetrazole rings is 1. The van der Waals surface area contributed by atoms with E-state index in [0.29, 0.717) is 18.7 Å². The van der Waals surface area contributed by atoms with E-state index in [0.717, 1.165) is 47.4 Å². The number of H-pyrrole nitrogens is 1. The van der Waals surface area contributed by atoms with Crippen LogP contribution in [0.3, 0.4) is 0 Å². The van der Waals surface area contributed by atoms with E-state index in [1.807, 2.05) is 53.2 Å². The van der Waals surface area contributed by atoms with Gasteiger partial charge in [-0.2, -0.15) is 0 Å². The predicted octanol–water partition coefficient (Wildman–Crippen LogP) is 4.77. The molecule has 0 radical (unpaired) electrons. The summed E-state index contributed by atoms with van der Waals surface area (Å²) in [7, 11) is 1.64. The van der Waals surface area contributed by atoms with Crippen molar-refractivity contribution in [3.8, 4) is 5.75 Å².